The molecular formula is C17H13N5O. The number of hydrogen-bond donors (Lipinski definition) is 1. The van der Waals surface area contributed by atoms with Gasteiger partial charge in [-0.2, -0.15) is 15.8 Å². The van der Waals surface area contributed by atoms with Crippen LogP contribution in [0.15, 0.2) is 40.0 Å². The molecule has 0 aliphatic heterocycles. The molecule has 0 aliphatic carbocycles. The smallest absolute Gasteiger partial charge is 0.226 e. The van der Waals surface area contributed by atoms with E-state index in [1.165, 1.54) is 0 Å². The molecule has 0 spiro atoms. The Balaban J connectivity index is 2.27. The summed E-state index contributed by atoms with van der Waals surface area (Å²) in [5, 5.41) is 29.4. The third-order valence-electron chi connectivity index (χ3n) is 3.21. The quantitative estimate of drug-likeness (QED) is 0.866. The van der Waals surface area contributed by atoms with E-state index < -0.39 is 0 Å². The van der Waals surface area contributed by atoms with Crippen molar-refractivity contribution in [3.05, 3.63) is 47.0 Å². The predicted octanol–water partition coefficient (Wildman–Crippen LogP) is 3.45. The highest BCUT2D eigenvalue weighted by atomic mass is 16.4. The van der Waals surface area contributed by atoms with Gasteiger partial charge < -0.3 is 9.73 Å². The van der Waals surface area contributed by atoms with Crippen LogP contribution in [0, 0.1) is 40.9 Å². The number of nitriles is 3. The minimum absolute atomic E-state index is 0.0806. The summed E-state index contributed by atoms with van der Waals surface area (Å²) in [6, 6.07) is 12.2. The number of anilines is 1. The topological polar surface area (TPSA) is 109 Å². The monoisotopic (exact) mass is 303 g/mol. The molecule has 0 radical (unpaired) electrons. The van der Waals surface area contributed by atoms with E-state index in [0.29, 0.717) is 11.6 Å². The van der Waals surface area contributed by atoms with Crippen LogP contribution < -0.4 is 5.32 Å². The van der Waals surface area contributed by atoms with Crippen molar-refractivity contribution in [2.75, 3.05) is 5.32 Å². The number of aromatic nitrogens is 1. The van der Waals surface area contributed by atoms with Crippen LogP contribution in [-0.2, 0) is 6.42 Å². The SMILES string of the molecule is CCc1nc(-c2ccc(NC(C#N)=C(C#N)C#N)cc2)oc1C. The number of oxazole rings is 1. The third kappa shape index (κ3) is 3.37. The van der Waals surface area contributed by atoms with Gasteiger partial charge in [0.15, 0.2) is 5.57 Å². The molecular weight excluding hydrogens is 290 g/mol. The maximum atomic E-state index is 9.02. The number of aryl methyl sites for hydroxylation is 2. The summed E-state index contributed by atoms with van der Waals surface area (Å²) in [5.74, 6) is 1.34. The van der Waals surface area contributed by atoms with Crippen LogP contribution in [-0.4, -0.2) is 4.98 Å². The van der Waals surface area contributed by atoms with Gasteiger partial charge in [0.1, 0.15) is 29.7 Å². The van der Waals surface area contributed by atoms with Crippen LogP contribution in [0.5, 0.6) is 0 Å². The number of nitrogens with zero attached hydrogens (tertiary/aromatic N) is 4. The van der Waals surface area contributed by atoms with Crippen molar-refractivity contribution in [3.63, 3.8) is 0 Å². The van der Waals surface area contributed by atoms with E-state index in [-0.39, 0.29) is 11.3 Å². The lowest BCUT2D eigenvalue weighted by Crippen LogP contribution is -2.00. The largest absolute Gasteiger partial charge is 0.441 e. The Hall–Kier alpha value is -3.56. The molecule has 0 bridgehead atoms. The second-order valence-electron chi connectivity index (χ2n) is 4.66. The van der Waals surface area contributed by atoms with E-state index in [1.807, 2.05) is 19.9 Å². The highest BCUT2D eigenvalue weighted by Gasteiger charge is 2.10. The molecule has 6 heteroatoms. The van der Waals surface area contributed by atoms with Gasteiger partial charge in [-0.25, -0.2) is 4.98 Å². The van der Waals surface area contributed by atoms with Gasteiger partial charge in [-0.15, -0.1) is 0 Å². The molecule has 2 aromatic rings. The summed E-state index contributed by atoms with van der Waals surface area (Å²) in [5.41, 5.74) is 1.98. The van der Waals surface area contributed by atoms with Crippen LogP contribution in [0.2, 0.25) is 0 Å². The fourth-order valence-corrected chi connectivity index (χ4v) is 2.00. The first kappa shape index (κ1) is 15.8. The molecule has 112 valence electrons. The van der Waals surface area contributed by atoms with E-state index in [2.05, 4.69) is 10.3 Å². The van der Waals surface area contributed by atoms with Gasteiger partial charge in [-0.1, -0.05) is 6.92 Å². The van der Waals surface area contributed by atoms with Gasteiger partial charge in [0, 0.05) is 11.3 Å². The molecule has 6 nitrogen and oxygen atoms in total. The Morgan fingerprint density at radius 2 is 1.78 bits per heavy atom. The first-order valence-electron chi connectivity index (χ1n) is 6.91. The summed E-state index contributed by atoms with van der Waals surface area (Å²) >= 11 is 0. The van der Waals surface area contributed by atoms with Crippen molar-refractivity contribution in [3.8, 4) is 29.7 Å². The summed E-state index contributed by atoms with van der Waals surface area (Å²) in [7, 11) is 0. The Bertz CT molecular complexity index is 854. The lowest BCUT2D eigenvalue weighted by atomic mass is 10.2. The highest BCUT2D eigenvalue weighted by molar-refractivity contribution is 5.63. The predicted molar refractivity (Wildman–Crippen MR) is 83.5 cm³/mol. The standard InChI is InChI=1S/C17H13N5O/c1-3-15-11(2)23-17(22-15)12-4-6-14(7-5-12)21-16(10-20)13(8-18)9-19/h4-7,21H,3H2,1-2H3. The maximum absolute atomic E-state index is 9.02. The van der Waals surface area contributed by atoms with Crippen LogP contribution in [0.1, 0.15) is 18.4 Å². The van der Waals surface area contributed by atoms with E-state index in [1.54, 1.807) is 36.4 Å². The molecule has 0 saturated heterocycles. The number of hydrogen-bond acceptors (Lipinski definition) is 6. The number of nitrogens with one attached hydrogen (secondary N) is 1. The average Bonchev–Trinajstić information content (AvgIpc) is 2.96. The Morgan fingerprint density at radius 1 is 1.13 bits per heavy atom. The Morgan fingerprint density at radius 3 is 2.26 bits per heavy atom. The molecule has 0 amide bonds. The lowest BCUT2D eigenvalue weighted by molar-refractivity contribution is 0.539. The van der Waals surface area contributed by atoms with Gasteiger partial charge >= 0.3 is 0 Å². The van der Waals surface area contributed by atoms with Crippen LogP contribution >= 0.6 is 0 Å². The van der Waals surface area contributed by atoms with Gasteiger partial charge in [-0.3, -0.25) is 0 Å². The molecule has 0 saturated carbocycles. The zero-order chi connectivity index (χ0) is 16.8. The second-order valence-corrected chi connectivity index (χ2v) is 4.66. The minimum atomic E-state index is -0.257. The summed E-state index contributed by atoms with van der Waals surface area (Å²) in [4.78, 5) is 4.43. The van der Waals surface area contributed by atoms with Crippen molar-refractivity contribution in [2.24, 2.45) is 0 Å². The van der Waals surface area contributed by atoms with Gasteiger partial charge in [-0.05, 0) is 37.6 Å². The molecule has 1 aromatic heterocycles. The average molecular weight is 303 g/mol. The van der Waals surface area contributed by atoms with E-state index in [9.17, 15) is 0 Å². The molecule has 0 unspecified atom stereocenters. The van der Waals surface area contributed by atoms with E-state index >= 15 is 0 Å². The second kappa shape index (κ2) is 6.93. The summed E-state index contributed by atoms with van der Waals surface area (Å²) in [6.45, 7) is 3.89. The first-order chi connectivity index (χ1) is 11.1. The van der Waals surface area contributed by atoms with Crippen LogP contribution in [0.25, 0.3) is 11.5 Å². The zero-order valence-corrected chi connectivity index (χ0v) is 12.7. The molecule has 1 N–H and O–H groups in total. The first-order valence-corrected chi connectivity index (χ1v) is 6.91. The summed E-state index contributed by atoms with van der Waals surface area (Å²) < 4.78 is 5.63. The number of allylic oxidation sites excluding steroid dienone is 2. The lowest BCUT2D eigenvalue weighted by Gasteiger charge is -2.04. The van der Waals surface area contributed by atoms with Crippen LogP contribution in [0.3, 0.4) is 0 Å². The van der Waals surface area contributed by atoms with Gasteiger partial charge in [0.2, 0.25) is 5.89 Å². The zero-order valence-electron chi connectivity index (χ0n) is 12.7. The van der Waals surface area contributed by atoms with Crippen molar-refractivity contribution >= 4 is 5.69 Å². The van der Waals surface area contributed by atoms with Crippen molar-refractivity contribution in [1.29, 1.82) is 15.8 Å². The maximum Gasteiger partial charge on any atom is 0.226 e. The van der Waals surface area contributed by atoms with Gasteiger partial charge in [0.25, 0.3) is 0 Å². The molecule has 0 aliphatic rings. The fraction of sp³-hybridized carbons (Fsp3) is 0.176. The molecule has 23 heavy (non-hydrogen) atoms. The van der Waals surface area contributed by atoms with Crippen molar-refractivity contribution in [2.45, 2.75) is 20.3 Å². The minimum Gasteiger partial charge on any atom is -0.441 e. The molecule has 1 aromatic carbocycles. The third-order valence-corrected chi connectivity index (χ3v) is 3.21. The molecule has 0 fully saturated rings. The molecule has 2 rings (SSSR count). The van der Waals surface area contributed by atoms with Crippen molar-refractivity contribution < 1.29 is 4.42 Å². The number of benzene rings is 1. The highest BCUT2D eigenvalue weighted by Crippen LogP contribution is 2.24. The van der Waals surface area contributed by atoms with Crippen molar-refractivity contribution in [1.82, 2.24) is 4.98 Å². The van der Waals surface area contributed by atoms with E-state index in [0.717, 1.165) is 23.4 Å². The Labute approximate surface area is 133 Å². The van der Waals surface area contributed by atoms with E-state index in [4.69, 9.17) is 20.2 Å². The summed E-state index contributed by atoms with van der Waals surface area (Å²) in [6.07, 6.45) is 0.802. The molecule has 0 atom stereocenters. The fourth-order valence-electron chi connectivity index (χ4n) is 2.00. The van der Waals surface area contributed by atoms with Crippen LogP contribution in [0.4, 0.5) is 5.69 Å². The normalized spacial score (nSPS) is 9.35. The number of rotatable bonds is 4. The molecule has 1 heterocycles. The Kier molecular flexibility index (Phi) is 4.77. The van der Waals surface area contributed by atoms with Gasteiger partial charge in [0.05, 0.1) is 5.69 Å².